The van der Waals surface area contributed by atoms with Gasteiger partial charge in [-0.15, -0.1) is 0 Å². The summed E-state index contributed by atoms with van der Waals surface area (Å²) < 4.78 is 7.62. The predicted octanol–water partition coefficient (Wildman–Crippen LogP) is 6.69. The van der Waals surface area contributed by atoms with Crippen molar-refractivity contribution in [3.63, 3.8) is 0 Å². The molecule has 3 aromatic carbocycles. The molecule has 168 valence electrons. The zero-order valence-corrected chi connectivity index (χ0v) is 19.8. The number of aryl methyl sites for hydroxylation is 2. The Hall–Kier alpha value is -3.28. The molecule has 1 N–H and O–H groups in total. The van der Waals surface area contributed by atoms with Crippen LogP contribution in [-0.2, 0) is 13.2 Å². The summed E-state index contributed by atoms with van der Waals surface area (Å²) in [5.74, 6) is 0.564. The molecule has 0 saturated heterocycles. The van der Waals surface area contributed by atoms with Gasteiger partial charge in [0.15, 0.2) is 0 Å². The number of anilines is 1. The first kappa shape index (κ1) is 22.9. The van der Waals surface area contributed by atoms with Gasteiger partial charge in [-0.2, -0.15) is 5.10 Å². The molecule has 0 saturated carbocycles. The van der Waals surface area contributed by atoms with Crippen molar-refractivity contribution in [2.24, 2.45) is 0 Å². The van der Waals surface area contributed by atoms with E-state index in [1.165, 1.54) is 0 Å². The highest BCUT2D eigenvalue weighted by Gasteiger charge is 2.09. The first-order valence-electron chi connectivity index (χ1n) is 10.4. The van der Waals surface area contributed by atoms with E-state index in [1.807, 2.05) is 62.4 Å². The van der Waals surface area contributed by atoms with Crippen molar-refractivity contribution in [2.45, 2.75) is 27.0 Å². The summed E-state index contributed by atoms with van der Waals surface area (Å²) >= 11 is 12.4. The van der Waals surface area contributed by atoms with Gasteiger partial charge in [0.2, 0.25) is 0 Å². The minimum absolute atomic E-state index is 0.205. The number of ether oxygens (including phenoxy) is 1. The van der Waals surface area contributed by atoms with E-state index < -0.39 is 0 Å². The van der Waals surface area contributed by atoms with Crippen LogP contribution in [0, 0.1) is 13.8 Å². The van der Waals surface area contributed by atoms with E-state index in [2.05, 4.69) is 10.4 Å². The van der Waals surface area contributed by atoms with E-state index in [1.54, 1.807) is 29.2 Å². The molecule has 0 radical (unpaired) electrons. The Morgan fingerprint density at radius 3 is 2.42 bits per heavy atom. The van der Waals surface area contributed by atoms with Gasteiger partial charge in [-0.25, -0.2) is 0 Å². The van der Waals surface area contributed by atoms with E-state index >= 15 is 0 Å². The summed E-state index contributed by atoms with van der Waals surface area (Å²) in [6.45, 7) is 4.83. The fourth-order valence-corrected chi connectivity index (χ4v) is 3.73. The van der Waals surface area contributed by atoms with Crippen LogP contribution in [-0.4, -0.2) is 15.7 Å². The summed E-state index contributed by atoms with van der Waals surface area (Å²) in [6, 6.07) is 18.8. The van der Waals surface area contributed by atoms with Crippen molar-refractivity contribution in [3.8, 4) is 5.75 Å². The average molecular weight is 480 g/mol. The molecule has 1 aromatic heterocycles. The van der Waals surface area contributed by atoms with E-state index in [-0.39, 0.29) is 5.91 Å². The Bertz CT molecular complexity index is 1260. The zero-order chi connectivity index (χ0) is 23.4. The molecule has 5 nitrogen and oxygen atoms in total. The van der Waals surface area contributed by atoms with Gasteiger partial charge < -0.3 is 10.1 Å². The Labute approximate surface area is 202 Å². The quantitative estimate of drug-likeness (QED) is 0.321. The van der Waals surface area contributed by atoms with Crippen LogP contribution >= 0.6 is 23.2 Å². The fraction of sp³-hybridized carbons (Fsp3) is 0.154. The molecule has 33 heavy (non-hydrogen) atoms. The highest BCUT2D eigenvalue weighted by Crippen LogP contribution is 2.26. The topological polar surface area (TPSA) is 56.1 Å². The first-order valence-corrected chi connectivity index (χ1v) is 11.2. The molecule has 0 atom stereocenters. The molecule has 0 fully saturated rings. The zero-order valence-electron chi connectivity index (χ0n) is 18.3. The molecule has 0 aliphatic carbocycles. The van der Waals surface area contributed by atoms with E-state index in [4.69, 9.17) is 27.9 Å². The van der Waals surface area contributed by atoms with Gasteiger partial charge in [0.1, 0.15) is 12.4 Å². The summed E-state index contributed by atoms with van der Waals surface area (Å²) in [5, 5.41) is 8.62. The van der Waals surface area contributed by atoms with Crippen molar-refractivity contribution >= 4 is 34.8 Å². The summed E-state index contributed by atoms with van der Waals surface area (Å²) in [6.07, 6.45) is 3.40. The van der Waals surface area contributed by atoms with Crippen LogP contribution < -0.4 is 10.1 Å². The van der Waals surface area contributed by atoms with Crippen LogP contribution in [0.15, 0.2) is 73.1 Å². The molecule has 0 spiro atoms. The van der Waals surface area contributed by atoms with Crippen molar-refractivity contribution in [1.29, 1.82) is 0 Å². The number of amides is 1. The molecule has 0 aliphatic rings. The Kier molecular flexibility index (Phi) is 7.02. The third-order valence-corrected chi connectivity index (χ3v) is 6.18. The lowest BCUT2D eigenvalue weighted by molar-refractivity contribution is 0.102. The number of nitrogens with one attached hydrogen (secondary N) is 1. The molecule has 0 unspecified atom stereocenters. The van der Waals surface area contributed by atoms with E-state index in [9.17, 15) is 4.79 Å². The molecule has 0 aliphatic heterocycles. The van der Waals surface area contributed by atoms with Crippen LogP contribution in [0.5, 0.6) is 5.75 Å². The average Bonchev–Trinajstić information content (AvgIpc) is 3.24. The Balaban J connectivity index is 1.34. The maximum atomic E-state index is 12.6. The number of rotatable bonds is 7. The first-order chi connectivity index (χ1) is 15.9. The highest BCUT2D eigenvalue weighted by molar-refractivity contribution is 6.32. The molecule has 4 rings (SSSR count). The molecule has 0 bridgehead atoms. The molecule has 1 amide bonds. The van der Waals surface area contributed by atoms with Gasteiger partial charge in [-0.1, -0.05) is 53.5 Å². The number of nitrogens with zero attached hydrogens (tertiary/aromatic N) is 2. The lowest BCUT2D eigenvalue weighted by Crippen LogP contribution is -2.11. The second-order valence-corrected chi connectivity index (χ2v) is 8.61. The highest BCUT2D eigenvalue weighted by atomic mass is 35.5. The van der Waals surface area contributed by atoms with Crippen LogP contribution in [0.3, 0.4) is 0 Å². The van der Waals surface area contributed by atoms with Gasteiger partial charge >= 0.3 is 0 Å². The monoisotopic (exact) mass is 479 g/mol. The number of halogens is 2. The van der Waals surface area contributed by atoms with E-state index in [0.717, 1.165) is 33.0 Å². The normalized spacial score (nSPS) is 10.8. The third-order valence-electron chi connectivity index (χ3n) is 5.21. The van der Waals surface area contributed by atoms with Gasteiger partial charge in [0.25, 0.3) is 5.91 Å². The van der Waals surface area contributed by atoms with E-state index in [0.29, 0.717) is 29.4 Å². The van der Waals surface area contributed by atoms with Crippen LogP contribution in [0.1, 0.15) is 32.6 Å². The number of benzene rings is 3. The van der Waals surface area contributed by atoms with Crippen molar-refractivity contribution in [1.82, 2.24) is 9.78 Å². The largest absolute Gasteiger partial charge is 0.489 e. The maximum absolute atomic E-state index is 12.6. The van der Waals surface area contributed by atoms with Crippen molar-refractivity contribution in [3.05, 3.63) is 111 Å². The second-order valence-electron chi connectivity index (χ2n) is 7.83. The van der Waals surface area contributed by atoms with Gasteiger partial charge in [-0.05, 0) is 66.4 Å². The fourth-order valence-electron chi connectivity index (χ4n) is 3.43. The summed E-state index contributed by atoms with van der Waals surface area (Å²) in [5.41, 5.74) is 5.05. The minimum atomic E-state index is -0.205. The number of carbonyl (C=O) groups excluding carboxylic acids is 1. The number of aromatic nitrogens is 2. The SMILES string of the molecule is Cc1cc(OCc2ccc(C(=O)Nc3cnn(Cc4ccccc4Cl)c3)cc2)cc(C)c1Cl. The standard InChI is InChI=1S/C26H23Cl2N3O2/c1-17-11-23(12-18(2)25(17)28)33-16-19-7-9-20(10-8-19)26(32)30-22-13-29-31(15-22)14-21-5-3-4-6-24(21)27/h3-13,15H,14,16H2,1-2H3,(H,30,32). The van der Waals surface area contributed by atoms with Gasteiger partial charge in [-0.3, -0.25) is 9.48 Å². The van der Waals surface area contributed by atoms with Crippen LogP contribution in [0.25, 0.3) is 0 Å². The Morgan fingerprint density at radius 1 is 1.03 bits per heavy atom. The summed E-state index contributed by atoms with van der Waals surface area (Å²) in [7, 11) is 0. The summed E-state index contributed by atoms with van der Waals surface area (Å²) in [4.78, 5) is 12.6. The minimum Gasteiger partial charge on any atom is -0.489 e. The molecule has 7 heteroatoms. The lowest BCUT2D eigenvalue weighted by Gasteiger charge is -2.10. The molecule has 1 heterocycles. The number of hydrogen-bond donors (Lipinski definition) is 1. The predicted molar refractivity (Wildman–Crippen MR) is 132 cm³/mol. The van der Waals surface area contributed by atoms with Crippen LogP contribution in [0.4, 0.5) is 5.69 Å². The Morgan fingerprint density at radius 2 is 1.73 bits per heavy atom. The lowest BCUT2D eigenvalue weighted by atomic mass is 10.1. The molecular weight excluding hydrogens is 457 g/mol. The van der Waals surface area contributed by atoms with Crippen LogP contribution in [0.2, 0.25) is 10.0 Å². The number of hydrogen-bond acceptors (Lipinski definition) is 3. The second kappa shape index (κ2) is 10.1. The smallest absolute Gasteiger partial charge is 0.255 e. The number of carbonyl (C=O) groups is 1. The van der Waals surface area contributed by atoms with Gasteiger partial charge in [0, 0.05) is 21.8 Å². The maximum Gasteiger partial charge on any atom is 0.255 e. The van der Waals surface area contributed by atoms with Gasteiger partial charge in [0.05, 0.1) is 18.4 Å². The third kappa shape index (κ3) is 5.75. The molecular formula is C26H23Cl2N3O2. The van der Waals surface area contributed by atoms with Crippen molar-refractivity contribution in [2.75, 3.05) is 5.32 Å². The van der Waals surface area contributed by atoms with Crippen molar-refractivity contribution < 1.29 is 9.53 Å². The molecule has 4 aromatic rings.